The Bertz CT molecular complexity index is 3680. The summed E-state index contributed by atoms with van der Waals surface area (Å²) in [6.45, 7) is 0. The zero-order valence-electron chi connectivity index (χ0n) is 37.3. The third-order valence-corrected chi connectivity index (χ3v) is 13.7. The molecule has 0 N–H and O–H groups in total. The molecule has 0 aliphatic rings. The van der Waals surface area contributed by atoms with Crippen molar-refractivity contribution in [3.63, 3.8) is 0 Å². The molecular weight excluding hydrogens is 821 g/mol. The van der Waals surface area contributed by atoms with E-state index >= 15 is 0 Å². The highest BCUT2D eigenvalue weighted by Gasteiger charge is 2.21. The number of para-hydroxylation sites is 2. The van der Waals surface area contributed by atoms with Crippen molar-refractivity contribution in [3.05, 3.63) is 267 Å². The molecule has 0 aliphatic heterocycles. The molecule has 0 unspecified atom stereocenters. The number of hydrogen-bond donors (Lipinski definition) is 0. The molecule has 0 saturated heterocycles. The molecule has 0 aliphatic carbocycles. The van der Waals surface area contributed by atoms with Gasteiger partial charge in [0.15, 0.2) is 0 Å². The average Bonchev–Trinajstić information content (AvgIpc) is 3.94. The van der Waals surface area contributed by atoms with E-state index in [-0.39, 0.29) is 0 Å². The Morgan fingerprint density at radius 2 is 0.471 bits per heavy atom. The minimum Gasteiger partial charge on any atom is -0.309 e. The van der Waals surface area contributed by atoms with Crippen molar-refractivity contribution in [2.24, 2.45) is 0 Å². The van der Waals surface area contributed by atoms with Crippen molar-refractivity contribution in [2.75, 3.05) is 0 Å². The average molecular weight is 865 g/mol. The van der Waals surface area contributed by atoms with E-state index in [0.29, 0.717) is 0 Å². The van der Waals surface area contributed by atoms with Gasteiger partial charge in [-0.3, -0.25) is 0 Å². The number of benzene rings is 11. The summed E-state index contributed by atoms with van der Waals surface area (Å²) in [5.74, 6) is 0. The fourth-order valence-electron chi connectivity index (χ4n) is 10.5. The van der Waals surface area contributed by atoms with Gasteiger partial charge < -0.3 is 9.13 Å². The summed E-state index contributed by atoms with van der Waals surface area (Å²) in [7, 11) is 0. The maximum absolute atomic E-state index is 2.45. The number of hydrogen-bond acceptors (Lipinski definition) is 0. The van der Waals surface area contributed by atoms with E-state index in [1.54, 1.807) is 0 Å². The molecule has 13 rings (SSSR count). The molecule has 13 aromatic rings. The number of nitrogens with zero attached hydrogens (tertiary/aromatic N) is 2. The molecule has 0 fully saturated rings. The summed E-state index contributed by atoms with van der Waals surface area (Å²) >= 11 is 0. The van der Waals surface area contributed by atoms with Gasteiger partial charge in [0.25, 0.3) is 0 Å². The van der Waals surface area contributed by atoms with Crippen molar-refractivity contribution < 1.29 is 0 Å². The van der Waals surface area contributed by atoms with E-state index in [0.717, 1.165) is 11.4 Å². The Morgan fingerprint density at radius 1 is 0.191 bits per heavy atom. The van der Waals surface area contributed by atoms with Gasteiger partial charge >= 0.3 is 0 Å². The second-order valence-electron chi connectivity index (χ2n) is 17.7. The summed E-state index contributed by atoms with van der Waals surface area (Å²) in [6.07, 6.45) is 0. The van der Waals surface area contributed by atoms with Gasteiger partial charge in [0.05, 0.1) is 22.1 Å². The highest BCUT2D eigenvalue weighted by atomic mass is 15.0. The zero-order chi connectivity index (χ0) is 45.0. The fraction of sp³-hybridized carbons (Fsp3) is 0. The molecule has 0 radical (unpaired) electrons. The van der Waals surface area contributed by atoms with Gasteiger partial charge in [-0.1, -0.05) is 194 Å². The minimum atomic E-state index is 1.14. The molecule has 0 amide bonds. The summed E-state index contributed by atoms with van der Waals surface area (Å²) < 4.78 is 4.90. The van der Waals surface area contributed by atoms with Crippen LogP contribution in [0.15, 0.2) is 267 Å². The Balaban J connectivity index is 0.970. The van der Waals surface area contributed by atoms with Gasteiger partial charge in [0.1, 0.15) is 0 Å². The lowest BCUT2D eigenvalue weighted by Crippen LogP contribution is -1.95. The summed E-state index contributed by atoms with van der Waals surface area (Å²) in [5, 5.41) is 4.92. The van der Waals surface area contributed by atoms with E-state index in [2.05, 4.69) is 276 Å². The van der Waals surface area contributed by atoms with Crippen molar-refractivity contribution in [2.45, 2.75) is 0 Å². The lowest BCUT2D eigenvalue weighted by molar-refractivity contribution is 1.18. The summed E-state index contributed by atoms with van der Waals surface area (Å²) in [5.41, 5.74) is 21.4. The van der Waals surface area contributed by atoms with Crippen LogP contribution in [0.4, 0.5) is 0 Å². The van der Waals surface area contributed by atoms with Crippen molar-refractivity contribution in [3.8, 4) is 78.1 Å². The standard InChI is InChI=1S/C66H44N2/c1-7-19-45(20-8-1)53-41-57(49-23-11-3-12-24-49)65-61(43-53)59-39-51(35-37-63(59)67(65)55-27-15-5-16-28-55)47-31-33-48(34-32-47)52-36-38-64-60(40-52)62-44-54(46-21-9-2-10-22-46)42-58(50-25-13-4-14-26-50)66(62)68(64)56-29-17-6-18-30-56/h1-44H. The van der Waals surface area contributed by atoms with Gasteiger partial charge in [-0.15, -0.1) is 0 Å². The van der Waals surface area contributed by atoms with Crippen LogP contribution in [-0.4, -0.2) is 9.13 Å². The van der Waals surface area contributed by atoms with Gasteiger partial charge in [0.2, 0.25) is 0 Å². The smallest absolute Gasteiger partial charge is 0.0619 e. The molecule has 2 heteroatoms. The van der Waals surface area contributed by atoms with Crippen LogP contribution in [0.25, 0.3) is 122 Å². The first-order chi connectivity index (χ1) is 33.7. The van der Waals surface area contributed by atoms with Crippen molar-refractivity contribution >= 4 is 43.6 Å². The fourth-order valence-corrected chi connectivity index (χ4v) is 10.5. The molecule has 11 aromatic carbocycles. The number of aromatic nitrogens is 2. The maximum Gasteiger partial charge on any atom is 0.0619 e. The van der Waals surface area contributed by atoms with Crippen molar-refractivity contribution in [1.82, 2.24) is 9.13 Å². The molecule has 318 valence electrons. The predicted molar refractivity (Wildman–Crippen MR) is 288 cm³/mol. The SMILES string of the molecule is c1ccc(-c2cc(-c3ccccc3)c3c(c2)c2cc(-c4ccc(-c5ccc6c(c5)c5cc(-c7ccccc7)cc(-c7ccccc7)c5n6-c5ccccc5)cc4)ccc2n3-c2ccccc2)cc1. The van der Waals surface area contributed by atoms with Crippen LogP contribution in [0, 0.1) is 0 Å². The van der Waals surface area contributed by atoms with Crippen LogP contribution in [0.2, 0.25) is 0 Å². The molecule has 0 saturated carbocycles. The molecule has 0 atom stereocenters. The maximum atomic E-state index is 2.45. The van der Waals surface area contributed by atoms with E-state index < -0.39 is 0 Å². The second kappa shape index (κ2) is 16.5. The van der Waals surface area contributed by atoms with Gasteiger partial charge in [0, 0.05) is 44.0 Å². The first kappa shape index (κ1) is 39.4. The largest absolute Gasteiger partial charge is 0.309 e. The number of fused-ring (bicyclic) bond motifs is 6. The highest BCUT2D eigenvalue weighted by molar-refractivity contribution is 6.17. The number of rotatable bonds is 8. The Labute approximate surface area is 395 Å². The normalized spacial score (nSPS) is 11.5. The Hall–Kier alpha value is -8.98. The second-order valence-corrected chi connectivity index (χ2v) is 17.7. The highest BCUT2D eigenvalue weighted by Crippen LogP contribution is 2.45. The summed E-state index contributed by atoms with van der Waals surface area (Å²) in [4.78, 5) is 0. The quantitative estimate of drug-likeness (QED) is 0.144. The monoisotopic (exact) mass is 864 g/mol. The third-order valence-electron chi connectivity index (χ3n) is 13.7. The van der Waals surface area contributed by atoms with E-state index in [4.69, 9.17) is 0 Å². The molecule has 2 heterocycles. The van der Waals surface area contributed by atoms with Gasteiger partial charge in [-0.05, 0) is 128 Å². The third kappa shape index (κ3) is 6.73. The Morgan fingerprint density at radius 3 is 0.824 bits per heavy atom. The molecule has 2 aromatic heterocycles. The van der Waals surface area contributed by atoms with Crippen LogP contribution in [0.5, 0.6) is 0 Å². The first-order valence-electron chi connectivity index (χ1n) is 23.4. The predicted octanol–water partition coefficient (Wildman–Crippen LogP) is 17.9. The lowest BCUT2D eigenvalue weighted by Gasteiger charge is -2.13. The van der Waals surface area contributed by atoms with Crippen molar-refractivity contribution in [1.29, 1.82) is 0 Å². The topological polar surface area (TPSA) is 9.86 Å². The van der Waals surface area contributed by atoms with Crippen LogP contribution >= 0.6 is 0 Å². The van der Waals surface area contributed by atoms with Gasteiger partial charge in [-0.2, -0.15) is 0 Å². The van der Waals surface area contributed by atoms with Crippen LogP contribution in [0.1, 0.15) is 0 Å². The zero-order valence-corrected chi connectivity index (χ0v) is 37.3. The Kier molecular flexibility index (Phi) is 9.54. The van der Waals surface area contributed by atoms with E-state index in [1.165, 1.54) is 110 Å². The molecule has 68 heavy (non-hydrogen) atoms. The minimum absolute atomic E-state index is 1.14. The molecule has 2 nitrogen and oxygen atoms in total. The van der Waals surface area contributed by atoms with E-state index in [9.17, 15) is 0 Å². The molecular formula is C66H44N2. The van der Waals surface area contributed by atoms with Crippen LogP contribution in [-0.2, 0) is 0 Å². The first-order valence-corrected chi connectivity index (χ1v) is 23.4. The van der Waals surface area contributed by atoms with E-state index in [1.807, 2.05) is 0 Å². The molecule has 0 spiro atoms. The van der Waals surface area contributed by atoms with Gasteiger partial charge in [-0.25, -0.2) is 0 Å². The van der Waals surface area contributed by atoms with Crippen LogP contribution in [0.3, 0.4) is 0 Å². The lowest BCUT2D eigenvalue weighted by atomic mass is 9.94. The summed E-state index contributed by atoms with van der Waals surface area (Å²) in [6, 6.07) is 97.4. The molecule has 0 bridgehead atoms. The van der Waals surface area contributed by atoms with Crippen LogP contribution < -0.4 is 0 Å².